The number of carbonyl (C=O) groups excluding carboxylic acids is 2. The van der Waals surface area contributed by atoms with Crippen molar-refractivity contribution in [2.24, 2.45) is 0 Å². The van der Waals surface area contributed by atoms with Crippen LogP contribution in [-0.2, 0) is 0 Å². The lowest BCUT2D eigenvalue weighted by Crippen LogP contribution is -2.57. The Balaban J connectivity index is 1.35. The molecule has 0 spiro atoms. The van der Waals surface area contributed by atoms with Gasteiger partial charge in [0, 0.05) is 51.0 Å². The number of fused-ring (bicyclic) bond motifs is 2. The number of aromatic nitrogens is 1. The molecule has 1 aromatic carbocycles. The van der Waals surface area contributed by atoms with Crippen molar-refractivity contribution in [2.45, 2.75) is 32.4 Å². The Hall–Kier alpha value is -3.09. The van der Waals surface area contributed by atoms with Gasteiger partial charge in [-0.05, 0) is 56.5 Å². The van der Waals surface area contributed by atoms with Crippen LogP contribution in [-0.4, -0.2) is 72.0 Å². The summed E-state index contributed by atoms with van der Waals surface area (Å²) in [5, 5.41) is 0. The van der Waals surface area contributed by atoms with Crippen LogP contribution in [0.2, 0.25) is 0 Å². The molecule has 0 saturated carbocycles. The molecule has 3 aliphatic rings. The molecule has 3 aliphatic heterocycles. The van der Waals surface area contributed by atoms with Crippen molar-refractivity contribution in [3.63, 3.8) is 0 Å². The van der Waals surface area contributed by atoms with E-state index in [1.807, 2.05) is 46.2 Å². The molecule has 7 heteroatoms. The maximum absolute atomic E-state index is 13.3. The highest BCUT2D eigenvalue weighted by Crippen LogP contribution is 2.36. The van der Waals surface area contributed by atoms with Crippen molar-refractivity contribution in [1.29, 1.82) is 0 Å². The zero-order valence-electron chi connectivity index (χ0n) is 18.0. The standard InChI is InChI=1S/C24H29N5O2/c1-2-28-20-17-18(9-10-19(20)24(31)29-12-6-4-8-22(28)29)23(30)27-15-13-26(14-16-27)21-7-3-5-11-25-21/h3,5,7,9-11,17,22H,2,4,6,8,12-16H2,1H3/t22-/m0/s1. The van der Waals surface area contributed by atoms with E-state index in [1.54, 1.807) is 6.20 Å². The number of hydrogen-bond donors (Lipinski definition) is 0. The summed E-state index contributed by atoms with van der Waals surface area (Å²) in [5.41, 5.74) is 2.30. The lowest BCUT2D eigenvalue weighted by atomic mass is 9.97. The van der Waals surface area contributed by atoms with E-state index in [0.29, 0.717) is 18.7 Å². The second-order valence-electron chi connectivity index (χ2n) is 8.46. The minimum atomic E-state index is 0.0399. The van der Waals surface area contributed by atoms with E-state index in [-0.39, 0.29) is 18.0 Å². The van der Waals surface area contributed by atoms with Gasteiger partial charge >= 0.3 is 0 Å². The quantitative estimate of drug-likeness (QED) is 0.766. The Bertz CT molecular complexity index is 971. The third-order valence-corrected chi connectivity index (χ3v) is 6.76. The lowest BCUT2D eigenvalue weighted by molar-refractivity contribution is 0.0581. The molecule has 2 saturated heterocycles. The van der Waals surface area contributed by atoms with Crippen LogP contribution < -0.4 is 9.80 Å². The first-order chi connectivity index (χ1) is 15.2. The Morgan fingerprint density at radius 3 is 2.65 bits per heavy atom. The molecule has 0 unspecified atom stereocenters. The van der Waals surface area contributed by atoms with Crippen LogP contribution in [0.5, 0.6) is 0 Å². The van der Waals surface area contributed by atoms with E-state index in [2.05, 4.69) is 21.7 Å². The van der Waals surface area contributed by atoms with Crippen molar-refractivity contribution < 1.29 is 9.59 Å². The molecule has 0 aliphatic carbocycles. The number of rotatable bonds is 3. The summed E-state index contributed by atoms with van der Waals surface area (Å²) in [5.74, 6) is 1.10. The molecule has 0 radical (unpaired) electrons. The molecule has 2 amide bonds. The number of amides is 2. The molecular formula is C24H29N5O2. The Morgan fingerprint density at radius 2 is 1.90 bits per heavy atom. The van der Waals surface area contributed by atoms with Crippen LogP contribution in [0.25, 0.3) is 0 Å². The predicted octanol–water partition coefficient (Wildman–Crippen LogP) is 2.84. The molecular weight excluding hydrogens is 390 g/mol. The summed E-state index contributed by atoms with van der Waals surface area (Å²) in [4.78, 5) is 39.2. The summed E-state index contributed by atoms with van der Waals surface area (Å²) in [6.45, 7) is 6.63. The van der Waals surface area contributed by atoms with Crippen LogP contribution in [0.4, 0.5) is 11.5 Å². The summed E-state index contributed by atoms with van der Waals surface area (Å²) in [6, 6.07) is 11.5. The van der Waals surface area contributed by atoms with E-state index < -0.39 is 0 Å². The van der Waals surface area contributed by atoms with Gasteiger partial charge in [0.05, 0.1) is 11.3 Å². The second kappa shape index (κ2) is 8.21. The van der Waals surface area contributed by atoms with Gasteiger partial charge in [0.1, 0.15) is 12.0 Å². The fraction of sp³-hybridized carbons (Fsp3) is 0.458. The average Bonchev–Trinajstić information content (AvgIpc) is 2.84. The fourth-order valence-electron chi connectivity index (χ4n) is 5.12. The monoisotopic (exact) mass is 419 g/mol. The Morgan fingerprint density at radius 1 is 1.06 bits per heavy atom. The summed E-state index contributed by atoms with van der Waals surface area (Å²) >= 11 is 0. The van der Waals surface area contributed by atoms with Gasteiger partial charge in [-0.15, -0.1) is 0 Å². The third kappa shape index (κ3) is 3.52. The molecule has 2 aromatic rings. The van der Waals surface area contributed by atoms with Gasteiger partial charge in [-0.1, -0.05) is 6.07 Å². The van der Waals surface area contributed by atoms with E-state index in [4.69, 9.17) is 0 Å². The van der Waals surface area contributed by atoms with E-state index in [0.717, 1.165) is 62.5 Å². The normalized spacial score (nSPS) is 21.1. The number of benzene rings is 1. The molecule has 4 heterocycles. The van der Waals surface area contributed by atoms with Crippen LogP contribution >= 0.6 is 0 Å². The van der Waals surface area contributed by atoms with E-state index >= 15 is 0 Å². The number of piperazine rings is 1. The lowest BCUT2D eigenvalue weighted by Gasteiger charge is -2.47. The topological polar surface area (TPSA) is 60.0 Å². The fourth-order valence-corrected chi connectivity index (χ4v) is 5.12. The summed E-state index contributed by atoms with van der Waals surface area (Å²) < 4.78 is 0. The first-order valence-electron chi connectivity index (χ1n) is 11.3. The van der Waals surface area contributed by atoms with E-state index in [1.165, 1.54) is 0 Å². The molecule has 1 atom stereocenters. The highest BCUT2D eigenvalue weighted by Gasteiger charge is 2.38. The third-order valence-electron chi connectivity index (χ3n) is 6.76. The van der Waals surface area contributed by atoms with Gasteiger partial charge in [0.25, 0.3) is 11.8 Å². The van der Waals surface area contributed by atoms with Gasteiger partial charge in [0.2, 0.25) is 0 Å². The van der Waals surface area contributed by atoms with Crippen molar-refractivity contribution in [2.75, 3.05) is 49.1 Å². The molecule has 0 bridgehead atoms. The highest BCUT2D eigenvalue weighted by atomic mass is 16.2. The number of pyridine rings is 1. The molecule has 1 aromatic heterocycles. The number of nitrogens with zero attached hydrogens (tertiary/aromatic N) is 5. The minimum absolute atomic E-state index is 0.0399. The van der Waals surface area contributed by atoms with Crippen molar-refractivity contribution in [3.05, 3.63) is 53.7 Å². The number of hydrogen-bond acceptors (Lipinski definition) is 5. The van der Waals surface area contributed by atoms with Gasteiger partial charge in [-0.25, -0.2) is 4.98 Å². The van der Waals surface area contributed by atoms with Crippen LogP contribution in [0.3, 0.4) is 0 Å². The van der Waals surface area contributed by atoms with Crippen LogP contribution in [0, 0.1) is 0 Å². The average molecular weight is 420 g/mol. The van der Waals surface area contributed by atoms with E-state index in [9.17, 15) is 9.59 Å². The molecule has 5 rings (SSSR count). The summed E-state index contributed by atoms with van der Waals surface area (Å²) in [7, 11) is 0. The number of anilines is 2. The SMILES string of the molecule is CCN1c2cc(C(=O)N3CCN(c4ccccn4)CC3)ccc2C(=O)N2CCCC[C@H]21. The Labute approximate surface area is 183 Å². The van der Waals surface area contributed by atoms with Gasteiger partial charge < -0.3 is 19.6 Å². The molecule has 31 heavy (non-hydrogen) atoms. The highest BCUT2D eigenvalue weighted by molar-refractivity contribution is 6.04. The number of piperidine rings is 1. The first kappa shape index (κ1) is 19.8. The van der Waals surface area contributed by atoms with Crippen molar-refractivity contribution >= 4 is 23.3 Å². The largest absolute Gasteiger partial charge is 0.353 e. The maximum Gasteiger partial charge on any atom is 0.257 e. The van der Waals surface area contributed by atoms with Crippen molar-refractivity contribution in [1.82, 2.24) is 14.8 Å². The molecule has 162 valence electrons. The molecule has 7 nitrogen and oxygen atoms in total. The van der Waals surface area contributed by atoms with Gasteiger partial charge in [-0.2, -0.15) is 0 Å². The Kier molecular flexibility index (Phi) is 5.26. The molecule has 0 N–H and O–H groups in total. The first-order valence-corrected chi connectivity index (χ1v) is 11.3. The predicted molar refractivity (Wildman–Crippen MR) is 120 cm³/mol. The van der Waals surface area contributed by atoms with Gasteiger partial charge in [0.15, 0.2) is 0 Å². The minimum Gasteiger partial charge on any atom is -0.353 e. The smallest absolute Gasteiger partial charge is 0.257 e. The van der Waals surface area contributed by atoms with Crippen molar-refractivity contribution in [3.8, 4) is 0 Å². The zero-order chi connectivity index (χ0) is 21.4. The summed E-state index contributed by atoms with van der Waals surface area (Å²) in [6.07, 6.45) is 5.11. The number of carbonyl (C=O) groups is 2. The zero-order valence-corrected chi connectivity index (χ0v) is 18.0. The maximum atomic E-state index is 13.3. The van der Waals surface area contributed by atoms with Crippen LogP contribution in [0.15, 0.2) is 42.6 Å². The van der Waals surface area contributed by atoms with Gasteiger partial charge in [-0.3, -0.25) is 9.59 Å². The second-order valence-corrected chi connectivity index (χ2v) is 8.46. The van der Waals surface area contributed by atoms with Crippen LogP contribution in [0.1, 0.15) is 46.9 Å². The molecule has 2 fully saturated rings.